The van der Waals surface area contributed by atoms with Crippen LogP contribution in [-0.2, 0) is 4.74 Å². The van der Waals surface area contributed by atoms with Gasteiger partial charge in [-0.25, -0.2) is 0 Å². The third-order valence-corrected chi connectivity index (χ3v) is 3.67. The Labute approximate surface area is 119 Å². The topological polar surface area (TPSA) is 58.7 Å². The summed E-state index contributed by atoms with van der Waals surface area (Å²) >= 11 is 6.34. The predicted octanol–water partition coefficient (Wildman–Crippen LogP) is 1.95. The van der Waals surface area contributed by atoms with Crippen molar-refractivity contribution < 1.29 is 9.84 Å². The van der Waals surface area contributed by atoms with Crippen LogP contribution in [0, 0.1) is 0 Å². The summed E-state index contributed by atoms with van der Waals surface area (Å²) in [5, 5.41) is 9.95. The average molecular weight is 285 g/mol. The van der Waals surface area contributed by atoms with Crippen molar-refractivity contribution in [1.29, 1.82) is 0 Å². The van der Waals surface area contributed by atoms with E-state index in [1.54, 1.807) is 0 Å². The second-order valence-electron chi connectivity index (χ2n) is 5.16. The van der Waals surface area contributed by atoms with E-state index in [0.717, 1.165) is 17.8 Å². The standard InChI is InChI=1S/C14H21ClN2O2/c1-9-6-17(7-12(8-18)19-9)14-4-3-11(10(2)16)5-13(14)15/h3-5,9-10,12,18H,6-8,16H2,1-2H3/t9?,10-,12?/m1/s1. The van der Waals surface area contributed by atoms with Crippen LogP contribution in [0.25, 0.3) is 0 Å². The highest BCUT2D eigenvalue weighted by atomic mass is 35.5. The number of aliphatic hydroxyl groups is 1. The summed E-state index contributed by atoms with van der Waals surface area (Å²) in [6.07, 6.45) is -0.0806. The summed E-state index contributed by atoms with van der Waals surface area (Å²) in [5.41, 5.74) is 7.85. The van der Waals surface area contributed by atoms with Gasteiger partial charge >= 0.3 is 0 Å². The van der Waals surface area contributed by atoms with E-state index in [2.05, 4.69) is 4.90 Å². The van der Waals surface area contributed by atoms with Gasteiger partial charge in [0.25, 0.3) is 0 Å². The van der Waals surface area contributed by atoms with Crippen LogP contribution in [0.5, 0.6) is 0 Å². The van der Waals surface area contributed by atoms with Crippen LogP contribution in [0.15, 0.2) is 18.2 Å². The lowest BCUT2D eigenvalue weighted by Gasteiger charge is -2.38. The van der Waals surface area contributed by atoms with E-state index >= 15 is 0 Å². The van der Waals surface area contributed by atoms with Gasteiger partial charge < -0.3 is 20.5 Å². The largest absolute Gasteiger partial charge is 0.394 e. The van der Waals surface area contributed by atoms with Crippen LogP contribution in [0.3, 0.4) is 0 Å². The number of benzene rings is 1. The van der Waals surface area contributed by atoms with Gasteiger partial charge in [-0.3, -0.25) is 0 Å². The summed E-state index contributed by atoms with van der Waals surface area (Å²) < 4.78 is 5.63. The van der Waals surface area contributed by atoms with Gasteiger partial charge in [0.1, 0.15) is 0 Å². The van der Waals surface area contributed by atoms with Crippen LogP contribution in [0.2, 0.25) is 5.02 Å². The summed E-state index contributed by atoms with van der Waals surface area (Å²) in [6.45, 7) is 5.38. The zero-order chi connectivity index (χ0) is 14.0. The molecule has 5 heteroatoms. The molecule has 0 aromatic heterocycles. The van der Waals surface area contributed by atoms with Gasteiger partial charge in [0, 0.05) is 19.1 Å². The quantitative estimate of drug-likeness (QED) is 0.891. The first kappa shape index (κ1) is 14.6. The molecule has 0 radical (unpaired) electrons. The maximum Gasteiger partial charge on any atom is 0.0984 e. The fourth-order valence-electron chi connectivity index (χ4n) is 2.41. The van der Waals surface area contributed by atoms with Crippen molar-refractivity contribution in [3.05, 3.63) is 28.8 Å². The predicted molar refractivity (Wildman–Crippen MR) is 77.7 cm³/mol. The molecule has 3 atom stereocenters. The molecule has 1 aromatic carbocycles. The molecule has 106 valence electrons. The number of rotatable bonds is 3. The van der Waals surface area contributed by atoms with Crippen molar-refractivity contribution in [3.63, 3.8) is 0 Å². The molecule has 0 spiro atoms. The fourth-order valence-corrected chi connectivity index (χ4v) is 2.71. The minimum Gasteiger partial charge on any atom is -0.394 e. The van der Waals surface area contributed by atoms with Gasteiger partial charge in [0.2, 0.25) is 0 Å². The molecule has 1 aliphatic heterocycles. The number of halogens is 1. The Morgan fingerprint density at radius 1 is 1.53 bits per heavy atom. The van der Waals surface area contributed by atoms with Crippen molar-refractivity contribution in [2.75, 3.05) is 24.6 Å². The van der Waals surface area contributed by atoms with E-state index in [9.17, 15) is 5.11 Å². The zero-order valence-corrected chi connectivity index (χ0v) is 12.1. The maximum atomic E-state index is 9.26. The van der Waals surface area contributed by atoms with Gasteiger partial charge in [0.15, 0.2) is 0 Å². The molecule has 2 unspecified atom stereocenters. The van der Waals surface area contributed by atoms with Crippen LogP contribution in [0.1, 0.15) is 25.5 Å². The fraction of sp³-hybridized carbons (Fsp3) is 0.571. The van der Waals surface area contributed by atoms with Crippen LogP contribution in [-0.4, -0.2) is 37.0 Å². The Balaban J connectivity index is 2.21. The van der Waals surface area contributed by atoms with Crippen molar-refractivity contribution in [2.45, 2.75) is 32.1 Å². The number of hydrogen-bond acceptors (Lipinski definition) is 4. The van der Waals surface area contributed by atoms with Crippen LogP contribution >= 0.6 is 11.6 Å². The molecule has 3 N–H and O–H groups in total. The van der Waals surface area contributed by atoms with Crippen LogP contribution in [0.4, 0.5) is 5.69 Å². The number of nitrogens with zero attached hydrogens (tertiary/aromatic N) is 1. The van der Waals surface area contributed by atoms with Crippen molar-refractivity contribution in [2.24, 2.45) is 5.73 Å². The monoisotopic (exact) mass is 284 g/mol. The first-order valence-corrected chi connectivity index (χ1v) is 6.95. The van der Waals surface area contributed by atoms with E-state index in [-0.39, 0.29) is 24.9 Å². The smallest absolute Gasteiger partial charge is 0.0984 e. The molecule has 0 saturated carbocycles. The summed E-state index contributed by atoms with van der Waals surface area (Å²) in [4.78, 5) is 2.16. The maximum absolute atomic E-state index is 9.26. The SMILES string of the molecule is CC1CN(c2ccc([C@@H](C)N)cc2Cl)CC(CO)O1. The highest BCUT2D eigenvalue weighted by Crippen LogP contribution is 2.30. The molecule has 0 amide bonds. The Morgan fingerprint density at radius 2 is 2.26 bits per heavy atom. The molecule has 0 bridgehead atoms. The average Bonchev–Trinajstić information content (AvgIpc) is 2.37. The lowest BCUT2D eigenvalue weighted by atomic mass is 10.1. The molecular formula is C14H21ClN2O2. The van der Waals surface area contributed by atoms with Crippen LogP contribution < -0.4 is 10.6 Å². The van der Waals surface area contributed by atoms with E-state index < -0.39 is 0 Å². The van der Waals surface area contributed by atoms with Gasteiger partial charge in [-0.1, -0.05) is 17.7 Å². The molecule has 4 nitrogen and oxygen atoms in total. The van der Waals surface area contributed by atoms with Crippen molar-refractivity contribution >= 4 is 17.3 Å². The van der Waals surface area contributed by atoms with E-state index in [1.165, 1.54) is 0 Å². The third kappa shape index (κ3) is 3.39. The number of aliphatic hydroxyl groups excluding tert-OH is 1. The summed E-state index contributed by atoms with van der Waals surface area (Å²) in [5.74, 6) is 0. The molecule has 1 saturated heterocycles. The minimum atomic E-state index is -0.159. The molecule has 2 rings (SSSR count). The minimum absolute atomic E-state index is 0.0242. The van der Waals surface area contributed by atoms with Gasteiger partial charge in [0.05, 0.1) is 29.5 Å². The molecule has 1 aromatic rings. The van der Waals surface area contributed by atoms with E-state index in [4.69, 9.17) is 22.1 Å². The van der Waals surface area contributed by atoms with Gasteiger partial charge in [-0.15, -0.1) is 0 Å². The zero-order valence-electron chi connectivity index (χ0n) is 11.3. The molecule has 0 aliphatic carbocycles. The molecule has 19 heavy (non-hydrogen) atoms. The molecular weight excluding hydrogens is 264 g/mol. The second kappa shape index (κ2) is 6.09. The highest BCUT2D eigenvalue weighted by molar-refractivity contribution is 6.33. The first-order chi connectivity index (χ1) is 9.01. The highest BCUT2D eigenvalue weighted by Gasteiger charge is 2.26. The van der Waals surface area contributed by atoms with Crippen molar-refractivity contribution in [3.8, 4) is 0 Å². The van der Waals surface area contributed by atoms with Gasteiger partial charge in [-0.05, 0) is 31.5 Å². The van der Waals surface area contributed by atoms with Crippen molar-refractivity contribution in [1.82, 2.24) is 0 Å². The second-order valence-corrected chi connectivity index (χ2v) is 5.56. The first-order valence-electron chi connectivity index (χ1n) is 6.57. The number of morpholine rings is 1. The molecule has 1 heterocycles. The molecule has 1 aliphatic rings. The Hall–Kier alpha value is -0.810. The summed E-state index contributed by atoms with van der Waals surface area (Å²) in [6, 6.07) is 5.88. The molecule has 1 fully saturated rings. The summed E-state index contributed by atoms with van der Waals surface area (Å²) in [7, 11) is 0. The number of nitrogens with two attached hydrogens (primary N) is 1. The number of hydrogen-bond donors (Lipinski definition) is 2. The Kier molecular flexibility index (Phi) is 4.68. The van der Waals surface area contributed by atoms with E-state index in [1.807, 2.05) is 32.0 Å². The lowest BCUT2D eigenvalue weighted by molar-refractivity contribution is -0.0421. The number of anilines is 1. The normalized spacial score (nSPS) is 25.4. The van der Waals surface area contributed by atoms with Gasteiger partial charge in [-0.2, -0.15) is 0 Å². The third-order valence-electron chi connectivity index (χ3n) is 3.37. The van der Waals surface area contributed by atoms with E-state index in [0.29, 0.717) is 11.6 Å². The lowest BCUT2D eigenvalue weighted by Crippen LogP contribution is -2.48. The Morgan fingerprint density at radius 3 is 2.84 bits per heavy atom. The Bertz CT molecular complexity index is 439. The number of ether oxygens (including phenoxy) is 1.